The van der Waals surface area contributed by atoms with Crippen molar-refractivity contribution in [1.82, 2.24) is 0 Å². The van der Waals surface area contributed by atoms with Gasteiger partial charge in [0.15, 0.2) is 0 Å². The van der Waals surface area contributed by atoms with Gasteiger partial charge in [0, 0.05) is 5.69 Å². The molecular formula is C14H21N2O+. The lowest BCUT2D eigenvalue weighted by molar-refractivity contribution is -0.904. The van der Waals surface area contributed by atoms with Crippen molar-refractivity contribution in [3.05, 3.63) is 30.3 Å². The zero-order chi connectivity index (χ0) is 11.9. The molecule has 0 unspecified atom stereocenters. The monoisotopic (exact) mass is 233 g/mol. The number of piperidine rings is 1. The standard InChI is InChI=1S/C14H20N2O/c17-14(15-13-7-3-1-4-8-13)9-12-16-10-5-2-6-11-16/h1,3-4,7-8H,2,5-6,9-12H2,(H,15,17)/p+1. The van der Waals surface area contributed by atoms with Crippen molar-refractivity contribution < 1.29 is 9.69 Å². The minimum absolute atomic E-state index is 0.134. The summed E-state index contributed by atoms with van der Waals surface area (Å²) < 4.78 is 0. The van der Waals surface area contributed by atoms with Gasteiger partial charge in [0.1, 0.15) is 0 Å². The minimum Gasteiger partial charge on any atom is -0.335 e. The highest BCUT2D eigenvalue weighted by Crippen LogP contribution is 2.04. The fraction of sp³-hybridized carbons (Fsp3) is 0.500. The van der Waals surface area contributed by atoms with Crippen molar-refractivity contribution in [1.29, 1.82) is 0 Å². The van der Waals surface area contributed by atoms with Gasteiger partial charge in [-0.1, -0.05) is 18.2 Å². The molecule has 17 heavy (non-hydrogen) atoms. The lowest BCUT2D eigenvalue weighted by Crippen LogP contribution is -3.12. The van der Waals surface area contributed by atoms with Crippen molar-refractivity contribution in [3.8, 4) is 0 Å². The van der Waals surface area contributed by atoms with E-state index in [4.69, 9.17) is 0 Å². The fourth-order valence-corrected chi connectivity index (χ4v) is 2.34. The number of nitrogens with one attached hydrogen (secondary N) is 2. The summed E-state index contributed by atoms with van der Waals surface area (Å²) in [5.41, 5.74) is 0.895. The Morgan fingerprint density at radius 1 is 1.12 bits per heavy atom. The maximum atomic E-state index is 11.7. The van der Waals surface area contributed by atoms with E-state index in [1.807, 2.05) is 30.3 Å². The highest BCUT2D eigenvalue weighted by Gasteiger charge is 2.14. The average molecular weight is 233 g/mol. The third-order valence-corrected chi connectivity index (χ3v) is 3.32. The first kappa shape index (κ1) is 12.1. The number of hydrogen-bond donors (Lipinski definition) is 2. The van der Waals surface area contributed by atoms with Crippen molar-refractivity contribution in [3.63, 3.8) is 0 Å². The molecule has 0 spiro atoms. The van der Waals surface area contributed by atoms with Crippen LogP contribution in [0.4, 0.5) is 5.69 Å². The largest absolute Gasteiger partial charge is 0.335 e. The summed E-state index contributed by atoms with van der Waals surface area (Å²) in [5.74, 6) is 0.134. The number of para-hydroxylation sites is 1. The normalized spacial score (nSPS) is 16.7. The van der Waals surface area contributed by atoms with Gasteiger partial charge in [-0.25, -0.2) is 0 Å². The van der Waals surface area contributed by atoms with Crippen LogP contribution in [0.2, 0.25) is 0 Å². The maximum absolute atomic E-state index is 11.7. The van der Waals surface area contributed by atoms with Gasteiger partial charge in [-0.3, -0.25) is 4.79 Å². The van der Waals surface area contributed by atoms with Gasteiger partial charge in [-0.05, 0) is 31.4 Å². The number of likely N-dealkylation sites (tertiary alicyclic amines) is 1. The van der Waals surface area contributed by atoms with Crippen LogP contribution in [0.5, 0.6) is 0 Å². The first-order valence-corrected chi connectivity index (χ1v) is 6.53. The Kier molecular flexibility index (Phi) is 4.56. The van der Waals surface area contributed by atoms with Gasteiger partial charge in [0.05, 0.1) is 26.1 Å². The number of anilines is 1. The predicted octanol–water partition coefficient (Wildman–Crippen LogP) is 1.08. The highest BCUT2D eigenvalue weighted by atomic mass is 16.1. The zero-order valence-corrected chi connectivity index (χ0v) is 10.2. The highest BCUT2D eigenvalue weighted by molar-refractivity contribution is 5.90. The Morgan fingerprint density at radius 3 is 2.53 bits per heavy atom. The quantitative estimate of drug-likeness (QED) is 0.802. The lowest BCUT2D eigenvalue weighted by atomic mass is 10.1. The van der Waals surface area contributed by atoms with Gasteiger partial charge in [0.25, 0.3) is 0 Å². The Balaban J connectivity index is 1.70. The molecule has 3 nitrogen and oxygen atoms in total. The average Bonchev–Trinajstić information content (AvgIpc) is 2.39. The topological polar surface area (TPSA) is 33.5 Å². The number of benzene rings is 1. The van der Waals surface area contributed by atoms with Crippen LogP contribution in [0.3, 0.4) is 0 Å². The van der Waals surface area contributed by atoms with E-state index in [1.165, 1.54) is 32.4 Å². The van der Waals surface area contributed by atoms with Crippen LogP contribution in [-0.2, 0) is 4.79 Å². The van der Waals surface area contributed by atoms with E-state index in [2.05, 4.69) is 5.32 Å². The number of hydrogen-bond acceptors (Lipinski definition) is 1. The molecule has 1 aromatic rings. The Morgan fingerprint density at radius 2 is 1.82 bits per heavy atom. The second-order valence-electron chi connectivity index (χ2n) is 4.72. The summed E-state index contributed by atoms with van der Waals surface area (Å²) in [7, 11) is 0. The molecule has 0 aliphatic carbocycles. The van der Waals surface area contributed by atoms with Gasteiger partial charge in [-0.2, -0.15) is 0 Å². The van der Waals surface area contributed by atoms with E-state index in [0.717, 1.165) is 12.2 Å². The maximum Gasteiger partial charge on any atom is 0.230 e. The van der Waals surface area contributed by atoms with E-state index in [0.29, 0.717) is 6.42 Å². The fourth-order valence-electron chi connectivity index (χ4n) is 2.34. The van der Waals surface area contributed by atoms with E-state index in [9.17, 15) is 4.79 Å². The summed E-state index contributed by atoms with van der Waals surface area (Å²) in [4.78, 5) is 13.3. The number of amides is 1. The molecule has 2 N–H and O–H groups in total. The van der Waals surface area contributed by atoms with Crippen LogP contribution in [0.1, 0.15) is 25.7 Å². The molecule has 1 heterocycles. The second kappa shape index (κ2) is 6.40. The molecule has 1 aliphatic rings. The van der Waals surface area contributed by atoms with Crippen LogP contribution in [0.15, 0.2) is 30.3 Å². The Bertz CT molecular complexity index is 344. The Labute approximate surface area is 103 Å². The van der Waals surface area contributed by atoms with Crippen LogP contribution in [0.25, 0.3) is 0 Å². The smallest absolute Gasteiger partial charge is 0.230 e. The summed E-state index contributed by atoms with van der Waals surface area (Å²) in [6.45, 7) is 3.44. The van der Waals surface area contributed by atoms with Gasteiger partial charge < -0.3 is 10.2 Å². The Hall–Kier alpha value is -1.35. The molecule has 92 valence electrons. The first-order valence-electron chi connectivity index (χ1n) is 6.53. The summed E-state index contributed by atoms with van der Waals surface area (Å²) in [6.07, 6.45) is 4.62. The molecule has 1 aromatic carbocycles. The van der Waals surface area contributed by atoms with Crippen LogP contribution < -0.4 is 10.2 Å². The molecule has 1 amide bonds. The molecule has 1 aliphatic heterocycles. The third-order valence-electron chi connectivity index (χ3n) is 3.32. The summed E-state index contributed by atoms with van der Waals surface area (Å²) in [6, 6.07) is 9.67. The number of carbonyl (C=O) groups excluding carboxylic acids is 1. The lowest BCUT2D eigenvalue weighted by Gasteiger charge is -2.23. The molecule has 1 fully saturated rings. The van der Waals surface area contributed by atoms with Crippen molar-refractivity contribution in [2.75, 3.05) is 25.0 Å². The molecule has 0 saturated carbocycles. The third kappa shape index (κ3) is 4.19. The zero-order valence-electron chi connectivity index (χ0n) is 10.2. The van der Waals surface area contributed by atoms with Crippen LogP contribution in [-0.4, -0.2) is 25.5 Å². The molecule has 1 saturated heterocycles. The molecular weight excluding hydrogens is 212 g/mol. The number of rotatable bonds is 4. The van der Waals surface area contributed by atoms with E-state index in [-0.39, 0.29) is 5.91 Å². The number of quaternary nitrogens is 1. The van der Waals surface area contributed by atoms with Crippen molar-refractivity contribution >= 4 is 11.6 Å². The van der Waals surface area contributed by atoms with Crippen molar-refractivity contribution in [2.24, 2.45) is 0 Å². The van der Waals surface area contributed by atoms with E-state index >= 15 is 0 Å². The molecule has 0 bridgehead atoms. The molecule has 0 aromatic heterocycles. The summed E-state index contributed by atoms with van der Waals surface area (Å²) >= 11 is 0. The summed E-state index contributed by atoms with van der Waals surface area (Å²) in [5, 5.41) is 2.93. The molecule has 2 rings (SSSR count). The van der Waals surface area contributed by atoms with Crippen molar-refractivity contribution in [2.45, 2.75) is 25.7 Å². The first-order chi connectivity index (χ1) is 8.34. The molecule has 0 radical (unpaired) electrons. The van der Waals surface area contributed by atoms with Gasteiger partial charge in [-0.15, -0.1) is 0 Å². The SMILES string of the molecule is O=C(CC[NH+]1CCCCC1)Nc1ccccc1. The van der Waals surface area contributed by atoms with Crippen LogP contribution >= 0.6 is 0 Å². The molecule has 0 atom stereocenters. The van der Waals surface area contributed by atoms with E-state index in [1.54, 1.807) is 4.90 Å². The minimum atomic E-state index is 0.134. The van der Waals surface area contributed by atoms with Crippen LogP contribution in [0, 0.1) is 0 Å². The van der Waals surface area contributed by atoms with E-state index < -0.39 is 0 Å². The number of carbonyl (C=O) groups is 1. The second-order valence-corrected chi connectivity index (χ2v) is 4.72. The molecule has 3 heteroatoms. The van der Waals surface area contributed by atoms with Gasteiger partial charge >= 0.3 is 0 Å². The predicted molar refractivity (Wildman–Crippen MR) is 69.1 cm³/mol. The van der Waals surface area contributed by atoms with Gasteiger partial charge in [0.2, 0.25) is 5.91 Å².